The molecule has 0 aliphatic carbocycles. The Balaban J connectivity index is 1.78. The molecule has 24 heavy (non-hydrogen) atoms. The molecule has 0 unspecified atom stereocenters. The zero-order valence-electron chi connectivity index (χ0n) is 12.6. The van der Waals surface area contributed by atoms with Crippen LogP contribution in [0.15, 0.2) is 35.3 Å². The molecule has 0 radical (unpaired) electrons. The lowest BCUT2D eigenvalue weighted by molar-refractivity contribution is 0.474. The molecule has 1 aromatic heterocycles. The van der Waals surface area contributed by atoms with E-state index in [1.807, 2.05) is 12.1 Å². The Hall–Kier alpha value is -1.57. The van der Waals surface area contributed by atoms with Gasteiger partial charge < -0.3 is 5.32 Å². The van der Waals surface area contributed by atoms with Gasteiger partial charge >= 0.3 is 0 Å². The van der Waals surface area contributed by atoms with Gasteiger partial charge in [-0.25, -0.2) is 13.1 Å². The average Bonchev–Trinajstić information content (AvgIpc) is 2.90. The molecule has 1 fully saturated rings. The number of nitrogens with one attached hydrogen (secondary N) is 1. The highest BCUT2D eigenvalue weighted by Crippen LogP contribution is 2.24. The molecule has 3 rings (SSSR count). The Morgan fingerprint density at radius 1 is 1.25 bits per heavy atom. The zero-order valence-corrected chi connectivity index (χ0v) is 14.9. The Kier molecular flexibility index (Phi) is 4.85. The quantitative estimate of drug-likeness (QED) is 0.871. The first-order valence-electron chi connectivity index (χ1n) is 7.32. The summed E-state index contributed by atoms with van der Waals surface area (Å²) in [5.74, 6) is -0.00619. The van der Waals surface area contributed by atoms with Gasteiger partial charge in [-0.3, -0.25) is 4.79 Å². The fourth-order valence-electron chi connectivity index (χ4n) is 2.60. The van der Waals surface area contributed by atoms with Crippen LogP contribution in [0.1, 0.15) is 18.0 Å². The summed E-state index contributed by atoms with van der Waals surface area (Å²) >= 11 is 12.0. The van der Waals surface area contributed by atoms with Crippen LogP contribution in [0.3, 0.4) is 0 Å². The maximum absolute atomic E-state index is 12.4. The maximum Gasteiger partial charge on any atom is 0.287 e. The predicted molar refractivity (Wildman–Crippen MR) is 94.6 cm³/mol. The lowest BCUT2D eigenvalue weighted by Gasteiger charge is -2.13. The maximum atomic E-state index is 12.4. The highest BCUT2D eigenvalue weighted by molar-refractivity contribution is 7.91. The summed E-state index contributed by atoms with van der Waals surface area (Å²) in [6.07, 6.45) is 1.83. The van der Waals surface area contributed by atoms with E-state index in [1.165, 1.54) is 10.9 Å². The van der Waals surface area contributed by atoms with Crippen LogP contribution in [-0.4, -0.2) is 29.7 Å². The largest absolute Gasteiger partial charge is 0.378 e. The Labute approximate surface area is 149 Å². The highest BCUT2D eigenvalue weighted by atomic mass is 35.5. The first-order chi connectivity index (χ1) is 11.4. The van der Waals surface area contributed by atoms with Crippen LogP contribution in [0.25, 0.3) is 0 Å². The van der Waals surface area contributed by atoms with Crippen LogP contribution >= 0.6 is 23.2 Å². The number of anilines is 1. The second kappa shape index (κ2) is 6.74. The van der Waals surface area contributed by atoms with Crippen LogP contribution < -0.4 is 10.9 Å². The van der Waals surface area contributed by atoms with Gasteiger partial charge in [0.15, 0.2) is 9.84 Å². The van der Waals surface area contributed by atoms with Crippen molar-refractivity contribution in [3.05, 3.63) is 56.4 Å². The number of sulfone groups is 1. The van der Waals surface area contributed by atoms with Crippen LogP contribution in [0.2, 0.25) is 10.0 Å². The summed E-state index contributed by atoms with van der Waals surface area (Å²) in [6, 6.07) is 6.82. The summed E-state index contributed by atoms with van der Waals surface area (Å²) in [6.45, 7) is 0.458. The lowest BCUT2D eigenvalue weighted by atomic mass is 10.2. The fourth-order valence-corrected chi connectivity index (χ4v) is 4.62. The molecule has 0 saturated carbocycles. The van der Waals surface area contributed by atoms with Gasteiger partial charge in [-0.2, -0.15) is 5.10 Å². The van der Waals surface area contributed by atoms with E-state index in [2.05, 4.69) is 10.4 Å². The van der Waals surface area contributed by atoms with Crippen molar-refractivity contribution in [2.45, 2.75) is 19.0 Å². The average molecular weight is 388 g/mol. The van der Waals surface area contributed by atoms with E-state index < -0.39 is 21.4 Å². The summed E-state index contributed by atoms with van der Waals surface area (Å²) in [7, 11) is -3.10. The minimum atomic E-state index is -3.10. The Morgan fingerprint density at radius 2 is 1.96 bits per heavy atom. The van der Waals surface area contributed by atoms with Crippen molar-refractivity contribution in [1.29, 1.82) is 0 Å². The monoisotopic (exact) mass is 387 g/mol. The minimum Gasteiger partial charge on any atom is -0.378 e. The lowest BCUT2D eigenvalue weighted by Crippen LogP contribution is -2.29. The van der Waals surface area contributed by atoms with Crippen molar-refractivity contribution in [3.8, 4) is 0 Å². The highest BCUT2D eigenvalue weighted by Gasteiger charge is 2.31. The fraction of sp³-hybridized carbons (Fsp3) is 0.333. The molecule has 6 nitrogen and oxygen atoms in total. The van der Waals surface area contributed by atoms with Crippen LogP contribution in [0, 0.1) is 0 Å². The predicted octanol–water partition coefficient (Wildman–Crippen LogP) is 2.52. The Morgan fingerprint density at radius 3 is 2.58 bits per heavy atom. The standard InChI is InChI=1S/C15H15Cl2N3O3S/c16-11-3-1-10(2-4-11)7-18-13-8-19-20(15(21)14(13)17)12-5-6-24(22,23)9-12/h1-4,8,12,18H,5-7,9H2/t12-/m0/s1. The van der Waals surface area contributed by atoms with Gasteiger partial charge in [-0.15, -0.1) is 0 Å². The molecule has 2 heterocycles. The third kappa shape index (κ3) is 3.74. The van der Waals surface area contributed by atoms with Crippen LogP contribution in [0.4, 0.5) is 5.69 Å². The van der Waals surface area contributed by atoms with Crippen molar-refractivity contribution in [2.24, 2.45) is 0 Å². The summed E-state index contributed by atoms with van der Waals surface area (Å²) in [5.41, 5.74) is 0.898. The molecule has 1 aliphatic heterocycles. The van der Waals surface area contributed by atoms with Crippen molar-refractivity contribution in [1.82, 2.24) is 9.78 Å². The van der Waals surface area contributed by atoms with Crippen molar-refractivity contribution >= 4 is 38.7 Å². The Bertz CT molecular complexity index is 911. The van der Waals surface area contributed by atoms with E-state index in [4.69, 9.17) is 23.2 Å². The molecule has 1 N–H and O–H groups in total. The number of nitrogens with zero attached hydrogens (tertiary/aromatic N) is 2. The normalized spacial score (nSPS) is 19.3. The second-order valence-electron chi connectivity index (χ2n) is 5.66. The second-order valence-corrected chi connectivity index (χ2v) is 8.70. The van der Waals surface area contributed by atoms with E-state index in [0.29, 0.717) is 23.7 Å². The first-order valence-corrected chi connectivity index (χ1v) is 9.89. The molecule has 1 atom stereocenters. The molecule has 1 saturated heterocycles. The topological polar surface area (TPSA) is 81.1 Å². The first kappa shape index (κ1) is 17.3. The van der Waals surface area contributed by atoms with E-state index in [0.717, 1.165) is 5.56 Å². The number of hydrogen-bond acceptors (Lipinski definition) is 5. The molecule has 1 aliphatic rings. The van der Waals surface area contributed by atoms with E-state index in [9.17, 15) is 13.2 Å². The SMILES string of the molecule is O=c1c(Cl)c(NCc2ccc(Cl)cc2)cnn1[C@H]1CCS(=O)(=O)C1. The van der Waals surface area contributed by atoms with E-state index in [1.54, 1.807) is 12.1 Å². The molecular formula is C15H15Cl2N3O3S. The van der Waals surface area contributed by atoms with Gasteiger partial charge in [-0.1, -0.05) is 35.3 Å². The molecular weight excluding hydrogens is 373 g/mol. The number of aromatic nitrogens is 2. The number of hydrogen-bond donors (Lipinski definition) is 1. The molecule has 2 aromatic rings. The summed E-state index contributed by atoms with van der Waals surface area (Å²) in [5, 5.41) is 7.79. The van der Waals surface area contributed by atoms with Crippen LogP contribution in [0.5, 0.6) is 0 Å². The van der Waals surface area contributed by atoms with Gasteiger partial charge in [0.05, 0.1) is 29.4 Å². The number of rotatable bonds is 4. The number of benzene rings is 1. The van der Waals surface area contributed by atoms with Crippen LogP contribution in [-0.2, 0) is 16.4 Å². The van der Waals surface area contributed by atoms with Crippen molar-refractivity contribution < 1.29 is 8.42 Å². The molecule has 0 bridgehead atoms. The third-order valence-electron chi connectivity index (χ3n) is 3.89. The zero-order chi connectivity index (χ0) is 17.3. The molecule has 0 amide bonds. The van der Waals surface area contributed by atoms with Gasteiger partial charge in [0.2, 0.25) is 0 Å². The van der Waals surface area contributed by atoms with Gasteiger partial charge in [-0.05, 0) is 24.1 Å². The van der Waals surface area contributed by atoms with Gasteiger partial charge in [0.1, 0.15) is 5.02 Å². The van der Waals surface area contributed by atoms with Crippen molar-refractivity contribution in [2.75, 3.05) is 16.8 Å². The minimum absolute atomic E-state index is 0.00302. The molecule has 128 valence electrons. The third-order valence-corrected chi connectivity index (χ3v) is 6.26. The summed E-state index contributed by atoms with van der Waals surface area (Å²) < 4.78 is 24.3. The van der Waals surface area contributed by atoms with Gasteiger partial charge in [0, 0.05) is 11.6 Å². The molecule has 9 heteroatoms. The smallest absolute Gasteiger partial charge is 0.287 e. The van der Waals surface area contributed by atoms with Gasteiger partial charge in [0.25, 0.3) is 5.56 Å². The molecule has 0 spiro atoms. The molecule has 1 aromatic carbocycles. The number of halogens is 2. The van der Waals surface area contributed by atoms with E-state index >= 15 is 0 Å². The van der Waals surface area contributed by atoms with Crippen molar-refractivity contribution in [3.63, 3.8) is 0 Å². The van der Waals surface area contributed by atoms with E-state index in [-0.39, 0.29) is 16.5 Å². The summed E-state index contributed by atoms with van der Waals surface area (Å²) in [4.78, 5) is 12.4.